The quantitative estimate of drug-likeness (QED) is 0.881. The number of hydrogen-bond donors (Lipinski definition) is 2. The van der Waals surface area contributed by atoms with Crippen LogP contribution in [0, 0.1) is 13.8 Å². The van der Waals surface area contributed by atoms with Crippen molar-refractivity contribution in [1.82, 2.24) is 10.2 Å². The Bertz CT molecular complexity index is 456. The largest absolute Gasteiger partial charge is 0.379 e. The van der Waals surface area contributed by atoms with E-state index in [1.165, 1.54) is 5.56 Å². The van der Waals surface area contributed by atoms with Gasteiger partial charge in [0.25, 0.3) is 0 Å². The number of carbonyl (C=O) groups excluding carboxylic acids is 1. The highest BCUT2D eigenvalue weighted by atomic mass is 16.5. The van der Waals surface area contributed by atoms with E-state index in [0.29, 0.717) is 6.54 Å². The topological polar surface area (TPSA) is 53.6 Å². The first-order chi connectivity index (χ1) is 9.66. The monoisotopic (exact) mass is 277 g/mol. The molecule has 0 unspecified atom stereocenters. The van der Waals surface area contributed by atoms with Crippen molar-refractivity contribution in [2.45, 2.75) is 13.8 Å². The lowest BCUT2D eigenvalue weighted by atomic mass is 10.1. The van der Waals surface area contributed by atoms with Crippen molar-refractivity contribution in [3.05, 3.63) is 29.3 Å². The average molecular weight is 277 g/mol. The van der Waals surface area contributed by atoms with Crippen molar-refractivity contribution in [2.75, 3.05) is 44.7 Å². The lowest BCUT2D eigenvalue weighted by molar-refractivity contribution is 0.0388. The zero-order valence-corrected chi connectivity index (χ0v) is 12.2. The molecule has 1 aliphatic rings. The molecule has 20 heavy (non-hydrogen) atoms. The van der Waals surface area contributed by atoms with Gasteiger partial charge in [-0.3, -0.25) is 4.90 Å². The van der Waals surface area contributed by atoms with Crippen LogP contribution in [0.5, 0.6) is 0 Å². The molecular weight excluding hydrogens is 254 g/mol. The van der Waals surface area contributed by atoms with E-state index in [9.17, 15) is 4.79 Å². The van der Waals surface area contributed by atoms with E-state index in [-0.39, 0.29) is 6.03 Å². The van der Waals surface area contributed by atoms with Gasteiger partial charge in [-0.2, -0.15) is 0 Å². The maximum atomic E-state index is 11.9. The number of amides is 2. The van der Waals surface area contributed by atoms with Gasteiger partial charge in [0.2, 0.25) is 0 Å². The molecule has 0 saturated carbocycles. The molecular formula is C15H23N3O2. The predicted octanol–water partition coefficient (Wildman–Crippen LogP) is 1.76. The Hall–Kier alpha value is -1.59. The van der Waals surface area contributed by atoms with Crippen LogP contribution in [-0.4, -0.2) is 50.3 Å². The summed E-state index contributed by atoms with van der Waals surface area (Å²) in [6, 6.07) is 5.76. The number of aryl methyl sites for hydroxylation is 1. The summed E-state index contributed by atoms with van der Waals surface area (Å²) >= 11 is 0. The first kappa shape index (κ1) is 14.8. The molecule has 1 heterocycles. The molecule has 0 bridgehead atoms. The van der Waals surface area contributed by atoms with E-state index in [0.717, 1.165) is 44.1 Å². The lowest BCUT2D eigenvalue weighted by Crippen LogP contribution is -2.42. The first-order valence-corrected chi connectivity index (χ1v) is 7.08. The average Bonchev–Trinajstić information content (AvgIpc) is 2.45. The molecule has 2 rings (SSSR count). The zero-order chi connectivity index (χ0) is 14.4. The Morgan fingerprint density at radius 1 is 1.30 bits per heavy atom. The van der Waals surface area contributed by atoms with Gasteiger partial charge >= 0.3 is 6.03 Å². The Morgan fingerprint density at radius 2 is 2.05 bits per heavy atom. The zero-order valence-electron chi connectivity index (χ0n) is 12.2. The SMILES string of the molecule is Cc1cccc(NC(=O)NCCN2CCOCC2)c1C. The minimum Gasteiger partial charge on any atom is -0.379 e. The van der Waals surface area contributed by atoms with Gasteiger partial charge in [-0.1, -0.05) is 12.1 Å². The highest BCUT2D eigenvalue weighted by Crippen LogP contribution is 2.17. The second kappa shape index (κ2) is 7.26. The van der Waals surface area contributed by atoms with Gasteiger partial charge in [0.1, 0.15) is 0 Å². The Kier molecular flexibility index (Phi) is 5.38. The van der Waals surface area contributed by atoms with Gasteiger partial charge in [-0.25, -0.2) is 4.79 Å². The van der Waals surface area contributed by atoms with Gasteiger partial charge in [-0.05, 0) is 31.0 Å². The van der Waals surface area contributed by atoms with Crippen molar-refractivity contribution in [3.63, 3.8) is 0 Å². The van der Waals surface area contributed by atoms with Crippen molar-refractivity contribution >= 4 is 11.7 Å². The summed E-state index contributed by atoms with van der Waals surface area (Å²) in [5, 5.41) is 5.79. The van der Waals surface area contributed by atoms with Crippen LogP contribution in [0.3, 0.4) is 0 Å². The van der Waals surface area contributed by atoms with Crippen LogP contribution in [0.15, 0.2) is 18.2 Å². The third kappa shape index (κ3) is 4.21. The minimum atomic E-state index is -0.146. The Labute approximate surface area is 120 Å². The van der Waals surface area contributed by atoms with Crippen LogP contribution in [0.2, 0.25) is 0 Å². The molecule has 5 nitrogen and oxygen atoms in total. The number of nitrogens with zero attached hydrogens (tertiary/aromatic N) is 1. The molecule has 110 valence electrons. The molecule has 2 N–H and O–H groups in total. The van der Waals surface area contributed by atoms with Crippen LogP contribution in [0.4, 0.5) is 10.5 Å². The van der Waals surface area contributed by atoms with E-state index >= 15 is 0 Å². The van der Waals surface area contributed by atoms with Crippen molar-refractivity contribution in [3.8, 4) is 0 Å². The summed E-state index contributed by atoms with van der Waals surface area (Å²) in [5.41, 5.74) is 3.15. The van der Waals surface area contributed by atoms with Crippen molar-refractivity contribution in [2.24, 2.45) is 0 Å². The second-order valence-electron chi connectivity index (χ2n) is 5.08. The van der Waals surface area contributed by atoms with Gasteiger partial charge in [0.05, 0.1) is 13.2 Å². The number of hydrogen-bond acceptors (Lipinski definition) is 3. The Morgan fingerprint density at radius 3 is 2.80 bits per heavy atom. The summed E-state index contributed by atoms with van der Waals surface area (Å²) in [5.74, 6) is 0. The lowest BCUT2D eigenvalue weighted by Gasteiger charge is -2.26. The fourth-order valence-corrected chi connectivity index (χ4v) is 2.21. The fraction of sp³-hybridized carbons (Fsp3) is 0.533. The Balaban J connectivity index is 1.73. The number of ether oxygens (including phenoxy) is 1. The molecule has 0 aliphatic carbocycles. The van der Waals surface area contributed by atoms with Crippen LogP contribution >= 0.6 is 0 Å². The number of morpholine rings is 1. The first-order valence-electron chi connectivity index (χ1n) is 7.08. The van der Waals surface area contributed by atoms with Crippen molar-refractivity contribution < 1.29 is 9.53 Å². The maximum absolute atomic E-state index is 11.9. The van der Waals surface area contributed by atoms with Crippen LogP contribution in [-0.2, 0) is 4.74 Å². The van der Waals surface area contributed by atoms with Crippen molar-refractivity contribution in [1.29, 1.82) is 0 Å². The summed E-state index contributed by atoms with van der Waals surface area (Å²) < 4.78 is 5.29. The molecule has 1 aromatic rings. The van der Waals surface area contributed by atoms with Gasteiger partial charge in [0, 0.05) is 31.9 Å². The third-order valence-electron chi connectivity index (χ3n) is 3.67. The van der Waals surface area contributed by atoms with Gasteiger partial charge < -0.3 is 15.4 Å². The molecule has 1 aromatic carbocycles. The minimum absolute atomic E-state index is 0.146. The molecule has 1 aliphatic heterocycles. The predicted molar refractivity (Wildman–Crippen MR) is 80.2 cm³/mol. The third-order valence-corrected chi connectivity index (χ3v) is 3.67. The number of urea groups is 1. The highest BCUT2D eigenvalue weighted by molar-refractivity contribution is 5.90. The number of benzene rings is 1. The van der Waals surface area contributed by atoms with E-state index < -0.39 is 0 Å². The highest BCUT2D eigenvalue weighted by Gasteiger charge is 2.10. The fourth-order valence-electron chi connectivity index (χ4n) is 2.21. The summed E-state index contributed by atoms with van der Waals surface area (Å²) in [4.78, 5) is 14.1. The number of carbonyl (C=O) groups is 1. The smallest absolute Gasteiger partial charge is 0.319 e. The van der Waals surface area contributed by atoms with E-state index in [1.807, 2.05) is 32.0 Å². The molecule has 1 saturated heterocycles. The molecule has 0 aromatic heterocycles. The second-order valence-corrected chi connectivity index (χ2v) is 5.08. The summed E-state index contributed by atoms with van der Waals surface area (Å²) in [7, 11) is 0. The van der Waals surface area contributed by atoms with Crippen LogP contribution in [0.25, 0.3) is 0 Å². The normalized spacial score (nSPS) is 15.9. The van der Waals surface area contributed by atoms with Gasteiger partial charge in [-0.15, -0.1) is 0 Å². The number of rotatable bonds is 4. The number of anilines is 1. The molecule has 0 radical (unpaired) electrons. The molecule has 0 spiro atoms. The number of nitrogens with one attached hydrogen (secondary N) is 2. The summed E-state index contributed by atoms with van der Waals surface area (Å²) in [6.45, 7) is 9.03. The summed E-state index contributed by atoms with van der Waals surface area (Å²) in [6.07, 6.45) is 0. The molecule has 1 fully saturated rings. The van der Waals surface area contributed by atoms with Crippen LogP contribution in [0.1, 0.15) is 11.1 Å². The van der Waals surface area contributed by atoms with E-state index in [1.54, 1.807) is 0 Å². The van der Waals surface area contributed by atoms with Crippen LogP contribution < -0.4 is 10.6 Å². The molecule has 2 amide bonds. The van der Waals surface area contributed by atoms with Gasteiger partial charge in [0.15, 0.2) is 0 Å². The van der Waals surface area contributed by atoms with E-state index in [4.69, 9.17) is 4.74 Å². The maximum Gasteiger partial charge on any atom is 0.319 e. The molecule has 5 heteroatoms. The molecule has 0 atom stereocenters. The standard InChI is InChI=1S/C15H23N3O2/c1-12-4-3-5-14(13(12)2)17-15(19)16-6-7-18-8-10-20-11-9-18/h3-5H,6-11H2,1-2H3,(H2,16,17,19). The van der Waals surface area contributed by atoms with E-state index in [2.05, 4.69) is 15.5 Å².